The van der Waals surface area contributed by atoms with Crippen molar-refractivity contribution in [1.82, 2.24) is 14.8 Å². The normalized spacial score (nSPS) is 22.9. The van der Waals surface area contributed by atoms with E-state index in [0.717, 1.165) is 12.8 Å². The SMILES string of the molecule is O=C(CCCc1ccccc1)N1CCN(C(=O)C2=NN(C3CCS(=O)(=O)C3)C(=O)CC2)CC1. The van der Waals surface area contributed by atoms with Gasteiger partial charge in [0.15, 0.2) is 9.84 Å². The number of benzene rings is 1. The second kappa shape index (κ2) is 10.0. The number of rotatable bonds is 6. The number of amides is 3. The number of hydrogen-bond donors (Lipinski definition) is 0. The molecule has 0 radical (unpaired) electrons. The van der Waals surface area contributed by atoms with Crippen LogP contribution in [0.1, 0.15) is 37.7 Å². The number of sulfone groups is 1. The largest absolute Gasteiger partial charge is 0.339 e. The highest BCUT2D eigenvalue weighted by Crippen LogP contribution is 2.23. The highest BCUT2D eigenvalue weighted by atomic mass is 32.2. The molecule has 2 fully saturated rings. The van der Waals surface area contributed by atoms with Gasteiger partial charge in [0.05, 0.1) is 17.5 Å². The molecule has 1 aromatic carbocycles. The smallest absolute Gasteiger partial charge is 0.270 e. The molecule has 0 aliphatic carbocycles. The van der Waals surface area contributed by atoms with Gasteiger partial charge in [0.2, 0.25) is 11.8 Å². The quantitative estimate of drug-likeness (QED) is 0.607. The molecule has 33 heavy (non-hydrogen) atoms. The van der Waals surface area contributed by atoms with Crippen LogP contribution in [0.2, 0.25) is 0 Å². The molecule has 0 N–H and O–H groups in total. The Kier molecular flexibility index (Phi) is 7.11. The van der Waals surface area contributed by atoms with Crippen molar-refractivity contribution in [2.45, 2.75) is 44.6 Å². The van der Waals surface area contributed by atoms with Gasteiger partial charge in [-0.05, 0) is 24.8 Å². The summed E-state index contributed by atoms with van der Waals surface area (Å²) < 4.78 is 23.6. The summed E-state index contributed by atoms with van der Waals surface area (Å²) in [6, 6.07) is 9.59. The van der Waals surface area contributed by atoms with E-state index in [4.69, 9.17) is 0 Å². The molecule has 0 spiro atoms. The fourth-order valence-corrected chi connectivity index (χ4v) is 6.26. The molecule has 3 amide bonds. The van der Waals surface area contributed by atoms with Crippen LogP contribution in [0.25, 0.3) is 0 Å². The number of hydrazone groups is 1. The van der Waals surface area contributed by atoms with E-state index in [1.165, 1.54) is 10.6 Å². The summed E-state index contributed by atoms with van der Waals surface area (Å²) in [5.74, 6) is -0.424. The Labute approximate surface area is 194 Å². The van der Waals surface area contributed by atoms with Gasteiger partial charge in [-0.15, -0.1) is 0 Å². The minimum Gasteiger partial charge on any atom is -0.339 e. The average Bonchev–Trinajstić information content (AvgIpc) is 3.19. The highest BCUT2D eigenvalue weighted by molar-refractivity contribution is 7.91. The van der Waals surface area contributed by atoms with Gasteiger partial charge in [0.1, 0.15) is 5.71 Å². The molecule has 9 nitrogen and oxygen atoms in total. The Morgan fingerprint density at radius 2 is 1.70 bits per heavy atom. The van der Waals surface area contributed by atoms with Gasteiger partial charge < -0.3 is 9.80 Å². The molecule has 0 aromatic heterocycles. The number of nitrogens with zero attached hydrogens (tertiary/aromatic N) is 4. The minimum absolute atomic E-state index is 0.0432. The number of aryl methyl sites for hydroxylation is 1. The van der Waals surface area contributed by atoms with E-state index in [9.17, 15) is 22.8 Å². The van der Waals surface area contributed by atoms with Gasteiger partial charge >= 0.3 is 0 Å². The first-order valence-electron chi connectivity index (χ1n) is 11.5. The highest BCUT2D eigenvalue weighted by Gasteiger charge is 2.38. The lowest BCUT2D eigenvalue weighted by Gasteiger charge is -2.36. The molecule has 1 unspecified atom stereocenters. The molecule has 3 aliphatic rings. The van der Waals surface area contributed by atoms with Gasteiger partial charge in [-0.25, -0.2) is 13.4 Å². The number of carbonyl (C=O) groups is 3. The summed E-state index contributed by atoms with van der Waals surface area (Å²) in [6.45, 7) is 1.81. The van der Waals surface area contributed by atoms with Crippen LogP contribution in [-0.2, 0) is 30.6 Å². The van der Waals surface area contributed by atoms with Crippen molar-refractivity contribution in [2.24, 2.45) is 5.10 Å². The fraction of sp³-hybridized carbons (Fsp3) is 0.565. The van der Waals surface area contributed by atoms with Gasteiger partial charge in [-0.2, -0.15) is 5.10 Å². The van der Waals surface area contributed by atoms with Crippen LogP contribution in [0.4, 0.5) is 0 Å². The first-order chi connectivity index (χ1) is 15.8. The van der Waals surface area contributed by atoms with E-state index in [2.05, 4.69) is 17.2 Å². The average molecular weight is 475 g/mol. The molecule has 1 atom stereocenters. The Balaban J connectivity index is 1.27. The monoisotopic (exact) mass is 474 g/mol. The van der Waals surface area contributed by atoms with Gasteiger partial charge in [0, 0.05) is 45.4 Å². The lowest BCUT2D eigenvalue weighted by molar-refractivity contribution is -0.137. The Hall–Kier alpha value is -2.75. The van der Waals surface area contributed by atoms with E-state index in [1.54, 1.807) is 9.80 Å². The Morgan fingerprint density at radius 3 is 2.36 bits per heavy atom. The molecule has 1 aromatic rings. The zero-order valence-electron chi connectivity index (χ0n) is 18.7. The predicted molar refractivity (Wildman–Crippen MR) is 123 cm³/mol. The van der Waals surface area contributed by atoms with E-state index in [0.29, 0.717) is 44.7 Å². The van der Waals surface area contributed by atoms with Gasteiger partial charge in [-0.1, -0.05) is 30.3 Å². The van der Waals surface area contributed by atoms with Crippen molar-refractivity contribution in [3.63, 3.8) is 0 Å². The molecule has 3 heterocycles. The second-order valence-electron chi connectivity index (χ2n) is 8.85. The third-order valence-corrected chi connectivity index (χ3v) is 8.23. The number of hydrogen-bond acceptors (Lipinski definition) is 6. The Bertz CT molecular complexity index is 1030. The summed E-state index contributed by atoms with van der Waals surface area (Å²) in [6.07, 6.45) is 2.90. The second-order valence-corrected chi connectivity index (χ2v) is 11.1. The molecule has 10 heteroatoms. The maximum Gasteiger partial charge on any atom is 0.270 e. The predicted octanol–water partition coefficient (Wildman–Crippen LogP) is 0.846. The van der Waals surface area contributed by atoms with E-state index >= 15 is 0 Å². The maximum atomic E-state index is 13.0. The molecule has 2 saturated heterocycles. The van der Waals surface area contributed by atoms with Crippen molar-refractivity contribution in [3.05, 3.63) is 35.9 Å². The van der Waals surface area contributed by atoms with Crippen LogP contribution < -0.4 is 0 Å². The van der Waals surface area contributed by atoms with Crippen molar-refractivity contribution in [3.8, 4) is 0 Å². The lowest BCUT2D eigenvalue weighted by Crippen LogP contribution is -2.53. The van der Waals surface area contributed by atoms with Crippen LogP contribution in [-0.4, -0.2) is 90.4 Å². The van der Waals surface area contributed by atoms with Crippen LogP contribution >= 0.6 is 0 Å². The molecule has 4 rings (SSSR count). The molecular formula is C23H30N4O5S. The summed E-state index contributed by atoms with van der Waals surface area (Å²) in [5.41, 5.74) is 1.51. The summed E-state index contributed by atoms with van der Waals surface area (Å²) in [5, 5.41) is 5.49. The number of carbonyl (C=O) groups excluding carboxylic acids is 3. The Morgan fingerprint density at radius 1 is 1.00 bits per heavy atom. The topological polar surface area (TPSA) is 107 Å². The first-order valence-corrected chi connectivity index (χ1v) is 13.4. The van der Waals surface area contributed by atoms with Crippen molar-refractivity contribution in [1.29, 1.82) is 0 Å². The maximum absolute atomic E-state index is 13.0. The fourth-order valence-electron chi connectivity index (χ4n) is 4.57. The lowest BCUT2D eigenvalue weighted by atomic mass is 10.1. The molecule has 0 saturated carbocycles. The van der Waals surface area contributed by atoms with Gasteiger partial charge in [-0.3, -0.25) is 14.4 Å². The summed E-state index contributed by atoms with van der Waals surface area (Å²) >= 11 is 0. The zero-order valence-corrected chi connectivity index (χ0v) is 19.5. The number of piperazine rings is 1. The zero-order chi connectivity index (χ0) is 23.4. The van der Waals surface area contributed by atoms with E-state index in [-0.39, 0.29) is 42.1 Å². The summed E-state index contributed by atoms with van der Waals surface area (Å²) in [4.78, 5) is 41.3. The van der Waals surface area contributed by atoms with Gasteiger partial charge in [0.25, 0.3) is 5.91 Å². The van der Waals surface area contributed by atoms with E-state index in [1.807, 2.05) is 18.2 Å². The standard InChI is InChI=1S/C23H30N4O5S/c28-21(8-4-7-18-5-2-1-3-6-18)25-12-14-26(15-13-25)23(30)20-9-10-22(29)27(24-20)19-11-16-33(31,32)17-19/h1-3,5-6,19H,4,7-17H2. The van der Waals surface area contributed by atoms with Crippen molar-refractivity contribution < 1.29 is 22.8 Å². The van der Waals surface area contributed by atoms with Crippen molar-refractivity contribution >= 4 is 33.3 Å². The van der Waals surface area contributed by atoms with Crippen molar-refractivity contribution in [2.75, 3.05) is 37.7 Å². The summed E-state index contributed by atoms with van der Waals surface area (Å²) in [7, 11) is -3.16. The van der Waals surface area contributed by atoms with Crippen LogP contribution in [0, 0.1) is 0 Å². The van der Waals surface area contributed by atoms with Crippen LogP contribution in [0.15, 0.2) is 35.4 Å². The third kappa shape index (κ3) is 5.79. The molecule has 3 aliphatic heterocycles. The van der Waals surface area contributed by atoms with E-state index < -0.39 is 15.9 Å². The van der Waals surface area contributed by atoms with Crippen LogP contribution in [0.5, 0.6) is 0 Å². The minimum atomic E-state index is -3.16. The van der Waals surface area contributed by atoms with Crippen LogP contribution in [0.3, 0.4) is 0 Å². The molecule has 178 valence electrons. The molecular weight excluding hydrogens is 444 g/mol. The third-order valence-electron chi connectivity index (χ3n) is 6.48. The first kappa shape index (κ1) is 23.4. The molecule has 0 bridgehead atoms.